The van der Waals surface area contributed by atoms with Gasteiger partial charge in [-0.05, 0) is 19.1 Å². The summed E-state index contributed by atoms with van der Waals surface area (Å²) in [5, 5.41) is 14.2. The molecule has 0 aliphatic rings. The number of ether oxygens (including phenoxy) is 1. The number of benzene rings is 1. The molecule has 6 nitrogen and oxygen atoms in total. The lowest BCUT2D eigenvalue weighted by Crippen LogP contribution is -2.25. The van der Waals surface area contributed by atoms with Crippen molar-refractivity contribution in [2.24, 2.45) is 7.05 Å². The lowest BCUT2D eigenvalue weighted by Gasteiger charge is -2.15. The quantitative estimate of drug-likeness (QED) is 0.878. The van der Waals surface area contributed by atoms with Crippen molar-refractivity contribution in [3.63, 3.8) is 0 Å². The van der Waals surface area contributed by atoms with E-state index in [1.54, 1.807) is 20.2 Å². The van der Waals surface area contributed by atoms with E-state index in [9.17, 15) is 9.90 Å². The third-order valence-corrected chi connectivity index (χ3v) is 2.98. The topological polar surface area (TPSA) is 69.3 Å². The van der Waals surface area contributed by atoms with Crippen LogP contribution in [0.25, 0.3) is 0 Å². The smallest absolute Gasteiger partial charge is 0.345 e. The van der Waals surface area contributed by atoms with E-state index in [-0.39, 0.29) is 12.2 Å². The van der Waals surface area contributed by atoms with E-state index in [1.165, 1.54) is 15.6 Å². The molecule has 1 atom stereocenters. The van der Waals surface area contributed by atoms with Gasteiger partial charge in [0.05, 0.1) is 13.7 Å². The largest absolute Gasteiger partial charge is 0.496 e. The van der Waals surface area contributed by atoms with E-state index >= 15 is 0 Å². The molecule has 0 aliphatic carbocycles. The van der Waals surface area contributed by atoms with Gasteiger partial charge in [-0.15, -0.1) is 0 Å². The molecule has 0 spiro atoms. The van der Waals surface area contributed by atoms with Crippen LogP contribution in [0, 0.1) is 6.92 Å². The molecule has 1 unspecified atom stereocenters. The van der Waals surface area contributed by atoms with Crippen molar-refractivity contribution in [1.82, 2.24) is 14.3 Å². The van der Waals surface area contributed by atoms with Gasteiger partial charge < -0.3 is 9.84 Å². The molecule has 1 aromatic heterocycles. The van der Waals surface area contributed by atoms with E-state index in [4.69, 9.17) is 4.74 Å². The van der Waals surface area contributed by atoms with Crippen LogP contribution < -0.4 is 10.4 Å². The lowest BCUT2D eigenvalue weighted by atomic mass is 10.1. The first-order chi connectivity index (χ1) is 9.02. The molecular formula is C13H17N3O3. The minimum atomic E-state index is -0.845. The maximum atomic E-state index is 11.7. The Bertz CT molecular complexity index is 630. The number of nitrogens with zero attached hydrogens (tertiary/aromatic N) is 3. The average Bonchev–Trinajstić information content (AvgIpc) is 2.70. The normalized spacial score (nSPS) is 12.4. The Morgan fingerprint density at radius 3 is 2.79 bits per heavy atom. The Hall–Kier alpha value is -2.08. The molecule has 0 radical (unpaired) electrons. The average molecular weight is 263 g/mol. The van der Waals surface area contributed by atoms with Crippen LogP contribution in [0.1, 0.15) is 17.2 Å². The number of hydrogen-bond donors (Lipinski definition) is 1. The van der Waals surface area contributed by atoms with Crippen molar-refractivity contribution >= 4 is 0 Å². The van der Waals surface area contributed by atoms with E-state index in [0.717, 1.165) is 5.56 Å². The van der Waals surface area contributed by atoms with Crippen LogP contribution in [-0.2, 0) is 13.6 Å². The van der Waals surface area contributed by atoms with Crippen molar-refractivity contribution in [2.45, 2.75) is 19.6 Å². The molecule has 6 heteroatoms. The zero-order chi connectivity index (χ0) is 14.0. The summed E-state index contributed by atoms with van der Waals surface area (Å²) in [5.74, 6) is 0.599. The highest BCUT2D eigenvalue weighted by Crippen LogP contribution is 2.26. The molecule has 0 saturated heterocycles. The summed E-state index contributed by atoms with van der Waals surface area (Å²) in [4.78, 5) is 11.7. The molecule has 1 aromatic carbocycles. The molecule has 2 aromatic rings. The van der Waals surface area contributed by atoms with E-state index in [0.29, 0.717) is 11.3 Å². The Kier molecular flexibility index (Phi) is 3.71. The fourth-order valence-electron chi connectivity index (χ4n) is 1.92. The molecule has 0 amide bonds. The van der Waals surface area contributed by atoms with Gasteiger partial charge in [0, 0.05) is 12.6 Å². The summed E-state index contributed by atoms with van der Waals surface area (Å²) in [7, 11) is 3.17. The van der Waals surface area contributed by atoms with Crippen molar-refractivity contribution in [3.8, 4) is 5.75 Å². The second-order valence-electron chi connectivity index (χ2n) is 4.47. The van der Waals surface area contributed by atoms with Crippen LogP contribution in [0.5, 0.6) is 5.75 Å². The minimum absolute atomic E-state index is 0.0967. The zero-order valence-corrected chi connectivity index (χ0v) is 11.2. The second kappa shape index (κ2) is 5.27. The first-order valence-corrected chi connectivity index (χ1v) is 5.94. The molecule has 0 fully saturated rings. The van der Waals surface area contributed by atoms with Crippen LogP contribution in [0.2, 0.25) is 0 Å². The Labute approximate surface area is 110 Å². The zero-order valence-electron chi connectivity index (χ0n) is 11.2. The first kappa shape index (κ1) is 13.4. The van der Waals surface area contributed by atoms with E-state index in [1.807, 2.05) is 19.1 Å². The third kappa shape index (κ3) is 2.68. The third-order valence-electron chi connectivity index (χ3n) is 2.98. The summed E-state index contributed by atoms with van der Waals surface area (Å²) in [6.07, 6.45) is 0.574. The fraction of sp³-hybridized carbons (Fsp3) is 0.385. The number of methoxy groups -OCH3 is 1. The predicted octanol–water partition coefficient (Wildman–Crippen LogP) is 0.632. The standard InChI is InChI=1S/C13H17N3O3/c1-9-4-5-12(19-3)10(6-9)11(17)7-16-13(18)15(2)8-14-16/h4-6,8,11,17H,7H2,1-3H3. The Morgan fingerprint density at radius 2 is 2.21 bits per heavy atom. The molecule has 1 heterocycles. The molecule has 0 aliphatic heterocycles. The van der Waals surface area contributed by atoms with Gasteiger partial charge in [0.25, 0.3) is 0 Å². The second-order valence-corrected chi connectivity index (χ2v) is 4.47. The van der Waals surface area contributed by atoms with Crippen LogP contribution in [0.4, 0.5) is 0 Å². The maximum absolute atomic E-state index is 11.7. The number of rotatable bonds is 4. The van der Waals surface area contributed by atoms with Gasteiger partial charge in [-0.1, -0.05) is 11.6 Å². The lowest BCUT2D eigenvalue weighted by molar-refractivity contribution is 0.146. The number of aromatic nitrogens is 3. The van der Waals surface area contributed by atoms with Crippen LogP contribution in [-0.4, -0.2) is 26.6 Å². The van der Waals surface area contributed by atoms with Gasteiger partial charge in [0.2, 0.25) is 0 Å². The maximum Gasteiger partial charge on any atom is 0.345 e. The van der Waals surface area contributed by atoms with Gasteiger partial charge in [-0.25, -0.2) is 9.48 Å². The highest BCUT2D eigenvalue weighted by Gasteiger charge is 2.16. The molecule has 0 saturated carbocycles. The highest BCUT2D eigenvalue weighted by molar-refractivity contribution is 5.38. The van der Waals surface area contributed by atoms with Gasteiger partial charge in [-0.3, -0.25) is 4.57 Å². The number of aryl methyl sites for hydroxylation is 2. The van der Waals surface area contributed by atoms with E-state index < -0.39 is 6.10 Å². The fourth-order valence-corrected chi connectivity index (χ4v) is 1.92. The van der Waals surface area contributed by atoms with Gasteiger partial charge in [-0.2, -0.15) is 5.10 Å². The summed E-state index contributed by atoms with van der Waals surface area (Å²) >= 11 is 0. The first-order valence-electron chi connectivity index (χ1n) is 5.94. The monoisotopic (exact) mass is 263 g/mol. The Morgan fingerprint density at radius 1 is 1.47 bits per heavy atom. The van der Waals surface area contributed by atoms with Gasteiger partial charge in [0.15, 0.2) is 0 Å². The van der Waals surface area contributed by atoms with Crippen molar-refractivity contribution in [3.05, 3.63) is 46.1 Å². The SMILES string of the molecule is COc1ccc(C)cc1C(O)Cn1ncn(C)c1=O. The number of hydrogen-bond acceptors (Lipinski definition) is 4. The molecule has 0 bridgehead atoms. The molecule has 19 heavy (non-hydrogen) atoms. The Balaban J connectivity index is 2.29. The van der Waals surface area contributed by atoms with Crippen LogP contribution in [0.3, 0.4) is 0 Å². The van der Waals surface area contributed by atoms with Gasteiger partial charge >= 0.3 is 5.69 Å². The summed E-state index contributed by atoms with van der Waals surface area (Å²) in [5.41, 5.74) is 1.41. The number of aliphatic hydroxyl groups excluding tert-OH is 1. The highest BCUT2D eigenvalue weighted by atomic mass is 16.5. The molecule has 2 rings (SSSR count). The summed E-state index contributed by atoms with van der Waals surface area (Å²) in [6, 6.07) is 5.55. The van der Waals surface area contributed by atoms with Crippen molar-refractivity contribution in [2.75, 3.05) is 7.11 Å². The van der Waals surface area contributed by atoms with Crippen LogP contribution >= 0.6 is 0 Å². The minimum Gasteiger partial charge on any atom is -0.496 e. The van der Waals surface area contributed by atoms with Gasteiger partial charge in [0.1, 0.15) is 18.2 Å². The summed E-state index contributed by atoms with van der Waals surface area (Å²) < 4.78 is 7.81. The van der Waals surface area contributed by atoms with E-state index in [2.05, 4.69) is 5.10 Å². The molecular weight excluding hydrogens is 246 g/mol. The molecule has 1 N–H and O–H groups in total. The van der Waals surface area contributed by atoms with Crippen LogP contribution in [0.15, 0.2) is 29.3 Å². The molecule has 102 valence electrons. The predicted molar refractivity (Wildman–Crippen MR) is 70.2 cm³/mol. The number of aliphatic hydroxyl groups is 1. The van der Waals surface area contributed by atoms with Crippen molar-refractivity contribution < 1.29 is 9.84 Å². The summed E-state index contributed by atoms with van der Waals surface area (Å²) in [6.45, 7) is 2.03. The van der Waals surface area contributed by atoms with Crippen molar-refractivity contribution in [1.29, 1.82) is 0 Å².